The molecule has 1 heterocycles. The fourth-order valence-corrected chi connectivity index (χ4v) is 2.27. The zero-order valence-electron chi connectivity index (χ0n) is 11.6. The van der Waals surface area contributed by atoms with Gasteiger partial charge in [0.25, 0.3) is 0 Å². The highest BCUT2D eigenvalue weighted by Gasteiger charge is 2.31. The summed E-state index contributed by atoms with van der Waals surface area (Å²) in [6, 6.07) is 0. The Kier molecular flexibility index (Phi) is 6.60. The molecule has 5 heteroatoms. The molecule has 106 valence electrons. The number of likely N-dealkylation sites (tertiary alicyclic amines) is 1. The third-order valence-electron chi connectivity index (χ3n) is 3.02. The molecule has 0 unspecified atom stereocenters. The number of carbonyl (C=O) groups excluding carboxylic acids is 1. The molecular formula is C13H24BrNO3. The molecule has 1 saturated heterocycles. The summed E-state index contributed by atoms with van der Waals surface area (Å²) in [6.07, 6.45) is 2.11. The van der Waals surface area contributed by atoms with Crippen molar-refractivity contribution >= 4 is 21.8 Å². The minimum Gasteiger partial charge on any atom is -0.379 e. The van der Waals surface area contributed by atoms with Crippen LogP contribution in [0.15, 0.2) is 0 Å². The molecule has 0 radical (unpaired) electrons. The van der Waals surface area contributed by atoms with Gasteiger partial charge in [0.1, 0.15) is 0 Å². The summed E-state index contributed by atoms with van der Waals surface area (Å²) in [5.74, 6) is 0.162. The van der Waals surface area contributed by atoms with Crippen LogP contribution in [0.4, 0.5) is 0 Å². The maximum absolute atomic E-state index is 12.0. The molecule has 18 heavy (non-hydrogen) atoms. The van der Waals surface area contributed by atoms with Crippen molar-refractivity contribution in [2.75, 3.05) is 32.9 Å². The van der Waals surface area contributed by atoms with Crippen molar-refractivity contribution in [3.05, 3.63) is 0 Å². The number of carbonyl (C=O) groups is 1. The van der Waals surface area contributed by atoms with Crippen LogP contribution in [0.5, 0.6) is 0 Å². The highest BCUT2D eigenvalue weighted by Crippen LogP contribution is 2.22. The Morgan fingerprint density at radius 2 is 1.94 bits per heavy atom. The number of hydrogen-bond donors (Lipinski definition) is 0. The minimum absolute atomic E-state index is 0.162. The van der Waals surface area contributed by atoms with E-state index in [1.54, 1.807) is 0 Å². The minimum atomic E-state index is -0.463. The number of ether oxygens (including phenoxy) is 2. The quantitative estimate of drug-likeness (QED) is 0.556. The van der Waals surface area contributed by atoms with Gasteiger partial charge >= 0.3 is 0 Å². The highest BCUT2D eigenvalue weighted by atomic mass is 79.9. The smallest absolute Gasteiger partial charge is 0.238 e. The first kappa shape index (κ1) is 15.9. The maximum atomic E-state index is 12.0. The lowest BCUT2D eigenvalue weighted by Gasteiger charge is -2.35. The van der Waals surface area contributed by atoms with Crippen LogP contribution in [0.3, 0.4) is 0 Å². The molecule has 0 saturated carbocycles. The number of nitrogens with zero attached hydrogens (tertiary/aromatic N) is 1. The van der Waals surface area contributed by atoms with Crippen molar-refractivity contribution in [1.29, 1.82) is 0 Å². The Morgan fingerprint density at radius 3 is 2.44 bits per heavy atom. The molecule has 0 bridgehead atoms. The average molecular weight is 322 g/mol. The summed E-state index contributed by atoms with van der Waals surface area (Å²) in [6.45, 7) is 9.36. The molecule has 1 aliphatic heterocycles. The van der Waals surface area contributed by atoms with Crippen molar-refractivity contribution in [1.82, 2.24) is 4.90 Å². The van der Waals surface area contributed by atoms with Gasteiger partial charge in [-0.2, -0.15) is 0 Å². The van der Waals surface area contributed by atoms with E-state index in [1.807, 2.05) is 25.7 Å². The van der Waals surface area contributed by atoms with Gasteiger partial charge in [0.05, 0.1) is 23.6 Å². The van der Waals surface area contributed by atoms with Crippen LogP contribution in [-0.2, 0) is 14.3 Å². The van der Waals surface area contributed by atoms with Crippen LogP contribution in [0.1, 0.15) is 33.6 Å². The third kappa shape index (κ3) is 5.24. The Balaban J connectivity index is 2.22. The second-order valence-corrected chi connectivity index (χ2v) is 7.01. The van der Waals surface area contributed by atoms with Gasteiger partial charge in [0.2, 0.25) is 5.91 Å². The normalized spacial score (nSPS) is 18.1. The summed E-state index contributed by atoms with van der Waals surface area (Å²) >= 11 is 3.41. The van der Waals surface area contributed by atoms with Crippen LogP contribution < -0.4 is 0 Å². The van der Waals surface area contributed by atoms with E-state index in [2.05, 4.69) is 15.9 Å². The van der Waals surface area contributed by atoms with Crippen LogP contribution in [0, 0.1) is 0 Å². The van der Waals surface area contributed by atoms with Crippen molar-refractivity contribution in [3.8, 4) is 0 Å². The number of rotatable bonds is 6. The van der Waals surface area contributed by atoms with E-state index in [0.29, 0.717) is 13.2 Å². The van der Waals surface area contributed by atoms with E-state index >= 15 is 0 Å². The van der Waals surface area contributed by atoms with Gasteiger partial charge in [-0.3, -0.25) is 4.79 Å². The van der Waals surface area contributed by atoms with Gasteiger partial charge < -0.3 is 14.4 Å². The highest BCUT2D eigenvalue weighted by molar-refractivity contribution is 9.10. The van der Waals surface area contributed by atoms with Gasteiger partial charge in [0.15, 0.2) is 0 Å². The molecule has 1 rings (SSSR count). The zero-order valence-corrected chi connectivity index (χ0v) is 13.2. The second-order valence-electron chi connectivity index (χ2n) is 5.03. The molecule has 0 aromatic heterocycles. The van der Waals surface area contributed by atoms with Crippen molar-refractivity contribution in [2.24, 2.45) is 0 Å². The maximum Gasteiger partial charge on any atom is 0.238 e. The van der Waals surface area contributed by atoms with Gasteiger partial charge in [0, 0.05) is 19.7 Å². The van der Waals surface area contributed by atoms with Gasteiger partial charge in [-0.1, -0.05) is 15.9 Å². The molecule has 0 aromatic rings. The molecule has 0 aromatic carbocycles. The van der Waals surface area contributed by atoms with Crippen LogP contribution in [0.2, 0.25) is 0 Å². The van der Waals surface area contributed by atoms with E-state index in [4.69, 9.17) is 9.47 Å². The molecule has 4 nitrogen and oxygen atoms in total. The fourth-order valence-electron chi connectivity index (χ4n) is 2.02. The molecule has 1 amide bonds. The molecule has 0 aliphatic carbocycles. The van der Waals surface area contributed by atoms with E-state index in [9.17, 15) is 4.79 Å². The summed E-state index contributed by atoms with van der Waals surface area (Å²) in [4.78, 5) is 14.0. The average Bonchev–Trinajstić information content (AvgIpc) is 2.33. The molecular weight excluding hydrogens is 298 g/mol. The number of piperidine rings is 1. The number of alkyl halides is 1. The molecule has 0 N–H and O–H groups in total. The standard InChI is InChI=1S/C13H24BrNO3/c1-4-17-9-10-18-11-5-7-15(8-6-11)12(16)13(2,3)14/h11H,4-10H2,1-3H3. The Bertz CT molecular complexity index is 257. The Morgan fingerprint density at radius 1 is 1.33 bits per heavy atom. The largest absolute Gasteiger partial charge is 0.379 e. The summed E-state index contributed by atoms with van der Waals surface area (Å²) in [5.41, 5.74) is 0. The van der Waals surface area contributed by atoms with E-state index in [0.717, 1.165) is 32.5 Å². The molecule has 1 fully saturated rings. The van der Waals surface area contributed by atoms with Gasteiger partial charge in [-0.25, -0.2) is 0 Å². The number of halogens is 1. The first-order valence-corrected chi connectivity index (χ1v) is 7.42. The monoisotopic (exact) mass is 321 g/mol. The Labute approximate surface area is 118 Å². The predicted octanol–water partition coefficient (Wildman–Crippen LogP) is 2.20. The first-order chi connectivity index (χ1) is 8.45. The summed E-state index contributed by atoms with van der Waals surface area (Å²) in [5, 5.41) is 0. The first-order valence-electron chi connectivity index (χ1n) is 6.62. The third-order valence-corrected chi connectivity index (χ3v) is 3.36. The predicted molar refractivity (Wildman–Crippen MR) is 75.1 cm³/mol. The van der Waals surface area contributed by atoms with E-state index < -0.39 is 4.32 Å². The van der Waals surface area contributed by atoms with Crippen molar-refractivity contribution in [2.45, 2.75) is 44.0 Å². The van der Waals surface area contributed by atoms with Crippen LogP contribution in [-0.4, -0.2) is 54.1 Å². The summed E-state index contributed by atoms with van der Waals surface area (Å²) < 4.78 is 10.5. The van der Waals surface area contributed by atoms with Gasteiger partial charge in [-0.15, -0.1) is 0 Å². The van der Waals surface area contributed by atoms with Gasteiger partial charge in [-0.05, 0) is 33.6 Å². The van der Waals surface area contributed by atoms with Crippen LogP contribution >= 0.6 is 15.9 Å². The topological polar surface area (TPSA) is 38.8 Å². The van der Waals surface area contributed by atoms with Crippen molar-refractivity contribution in [3.63, 3.8) is 0 Å². The van der Waals surface area contributed by atoms with Crippen LogP contribution in [0.25, 0.3) is 0 Å². The molecule has 1 aliphatic rings. The number of amides is 1. The van der Waals surface area contributed by atoms with E-state index in [1.165, 1.54) is 0 Å². The molecule has 0 atom stereocenters. The van der Waals surface area contributed by atoms with Crippen molar-refractivity contribution < 1.29 is 14.3 Å². The second kappa shape index (κ2) is 7.46. The number of hydrogen-bond acceptors (Lipinski definition) is 3. The SMILES string of the molecule is CCOCCOC1CCN(C(=O)C(C)(C)Br)CC1. The lowest BCUT2D eigenvalue weighted by atomic mass is 10.1. The Hall–Kier alpha value is -0.130. The molecule has 0 spiro atoms. The fraction of sp³-hybridized carbons (Fsp3) is 0.923. The lowest BCUT2D eigenvalue weighted by Crippen LogP contribution is -2.47. The van der Waals surface area contributed by atoms with E-state index in [-0.39, 0.29) is 12.0 Å². The lowest BCUT2D eigenvalue weighted by molar-refractivity contribution is -0.135. The summed E-state index contributed by atoms with van der Waals surface area (Å²) in [7, 11) is 0. The zero-order chi connectivity index (χ0) is 13.6.